The Kier molecular flexibility index (Phi) is 3.18. The Hall–Kier alpha value is -3.68. The van der Waals surface area contributed by atoms with Crippen molar-refractivity contribution in [3.63, 3.8) is 0 Å². The second kappa shape index (κ2) is 5.66. The van der Waals surface area contributed by atoms with Crippen LogP contribution in [0.5, 0.6) is 17.4 Å². The number of H-pyrrole nitrogens is 1. The van der Waals surface area contributed by atoms with Crippen LogP contribution < -0.4 is 15.2 Å². The summed E-state index contributed by atoms with van der Waals surface area (Å²) in [5.41, 5.74) is 3.78. The maximum Gasteiger partial charge on any atom is 0.332 e. The number of aryl methyl sites for hydroxylation is 1. The summed E-state index contributed by atoms with van der Waals surface area (Å²) < 4.78 is 13.5. The average Bonchev–Trinajstić information content (AvgIpc) is 3.28. The number of benzene rings is 1. The molecule has 4 heterocycles. The third-order valence-electron chi connectivity index (χ3n) is 5.73. The number of rotatable bonds is 3. The predicted molar refractivity (Wildman–Crippen MR) is 105 cm³/mol. The van der Waals surface area contributed by atoms with Gasteiger partial charge in [0.15, 0.2) is 5.65 Å². The summed E-state index contributed by atoms with van der Waals surface area (Å²) in [5.74, 6) is 2.20. The number of aromatic amines is 1. The van der Waals surface area contributed by atoms with E-state index in [0.29, 0.717) is 22.7 Å². The minimum Gasteiger partial charge on any atom is -0.492 e. The summed E-state index contributed by atoms with van der Waals surface area (Å²) in [6.07, 6.45) is 6.82. The van der Waals surface area contributed by atoms with Gasteiger partial charge in [0.05, 0.1) is 24.7 Å². The van der Waals surface area contributed by atoms with Crippen molar-refractivity contribution in [2.75, 3.05) is 6.61 Å². The van der Waals surface area contributed by atoms with Crippen LogP contribution in [-0.4, -0.2) is 31.1 Å². The van der Waals surface area contributed by atoms with Gasteiger partial charge in [-0.2, -0.15) is 0 Å². The zero-order valence-electron chi connectivity index (χ0n) is 15.7. The van der Waals surface area contributed by atoms with E-state index < -0.39 is 0 Å². The summed E-state index contributed by atoms with van der Waals surface area (Å²) in [6.45, 7) is 2.78. The van der Waals surface area contributed by atoms with E-state index in [-0.39, 0.29) is 11.1 Å². The fourth-order valence-electron chi connectivity index (χ4n) is 4.04. The first-order valence-corrected chi connectivity index (χ1v) is 9.47. The monoisotopic (exact) mass is 387 g/mol. The van der Waals surface area contributed by atoms with E-state index >= 15 is 0 Å². The molecule has 1 fully saturated rings. The van der Waals surface area contributed by atoms with Crippen LogP contribution in [0.1, 0.15) is 24.0 Å². The molecule has 1 spiro atoms. The molecule has 3 aromatic heterocycles. The van der Waals surface area contributed by atoms with Gasteiger partial charge in [0.2, 0.25) is 5.88 Å². The quantitative estimate of drug-likeness (QED) is 0.581. The lowest BCUT2D eigenvalue weighted by molar-refractivity contribution is 0.322. The predicted octanol–water partition coefficient (Wildman–Crippen LogP) is 3.03. The summed E-state index contributed by atoms with van der Waals surface area (Å²) in [6, 6.07) is 7.54. The molecule has 2 aliphatic rings. The van der Waals surface area contributed by atoms with Gasteiger partial charge in [0.25, 0.3) is 0 Å². The highest BCUT2D eigenvalue weighted by Gasteiger charge is 2.53. The molecule has 6 rings (SSSR count). The molecule has 1 aliphatic heterocycles. The van der Waals surface area contributed by atoms with Gasteiger partial charge in [0.1, 0.15) is 23.3 Å². The fourth-order valence-corrected chi connectivity index (χ4v) is 4.04. The van der Waals surface area contributed by atoms with Crippen LogP contribution in [0.2, 0.25) is 0 Å². The van der Waals surface area contributed by atoms with Crippen molar-refractivity contribution >= 4 is 11.2 Å². The zero-order valence-corrected chi connectivity index (χ0v) is 15.7. The van der Waals surface area contributed by atoms with E-state index in [0.717, 1.165) is 42.1 Å². The Morgan fingerprint density at radius 3 is 2.86 bits per heavy atom. The van der Waals surface area contributed by atoms with Crippen LogP contribution in [0.3, 0.4) is 0 Å². The molecule has 29 heavy (non-hydrogen) atoms. The van der Waals surface area contributed by atoms with Crippen LogP contribution in [0.15, 0.2) is 47.8 Å². The Morgan fingerprint density at radius 1 is 1.17 bits per heavy atom. The normalized spacial score (nSPS) is 16.0. The van der Waals surface area contributed by atoms with Gasteiger partial charge in [-0.25, -0.2) is 24.3 Å². The zero-order chi connectivity index (χ0) is 19.6. The second-order valence-electron chi connectivity index (χ2n) is 7.64. The molecule has 8 heteroatoms. The summed E-state index contributed by atoms with van der Waals surface area (Å²) in [5, 5.41) is 0. The van der Waals surface area contributed by atoms with Gasteiger partial charge in [-0.15, -0.1) is 0 Å². The van der Waals surface area contributed by atoms with E-state index in [1.807, 2.05) is 12.1 Å². The topological polar surface area (TPSA) is 94.9 Å². The number of aromatic nitrogens is 5. The van der Waals surface area contributed by atoms with E-state index in [9.17, 15) is 4.79 Å². The van der Waals surface area contributed by atoms with Gasteiger partial charge < -0.3 is 14.5 Å². The highest BCUT2D eigenvalue weighted by molar-refractivity contribution is 5.71. The maximum atomic E-state index is 12.3. The van der Waals surface area contributed by atoms with Crippen molar-refractivity contribution in [1.82, 2.24) is 24.5 Å². The molecule has 1 saturated carbocycles. The lowest BCUT2D eigenvalue weighted by Crippen LogP contribution is -2.15. The molecular weight excluding hydrogens is 370 g/mol. The molecule has 4 aromatic rings. The molecule has 1 N–H and O–H groups in total. The van der Waals surface area contributed by atoms with Gasteiger partial charge in [0, 0.05) is 17.0 Å². The second-order valence-corrected chi connectivity index (χ2v) is 7.64. The number of nitrogens with zero attached hydrogens (tertiary/aromatic N) is 4. The number of imidazole rings is 1. The summed E-state index contributed by atoms with van der Waals surface area (Å²) in [4.78, 5) is 27.6. The van der Waals surface area contributed by atoms with E-state index in [1.54, 1.807) is 24.5 Å². The number of fused-ring (bicyclic) bond motifs is 3. The molecule has 0 atom stereocenters. The highest BCUT2D eigenvalue weighted by Crippen LogP contribution is 2.59. The first kappa shape index (κ1) is 16.3. The SMILES string of the molecule is Cc1ccc(Oc2ccc(-n3c(=O)[nH]c4cncnc43)cn2)c2c1OCC21CC1. The standard InChI is InChI=1S/C21H17N5O3/c1-12-2-4-15(17-18(12)28-10-21(17)6-7-21)29-16-5-3-13(8-23-16)26-19-14(25-20(26)27)9-22-11-24-19/h2-5,8-9,11H,6-7,10H2,1H3,(H,25,27). The van der Waals surface area contributed by atoms with Gasteiger partial charge in [-0.05, 0) is 37.5 Å². The smallest absolute Gasteiger partial charge is 0.332 e. The Bertz CT molecular complexity index is 1320. The van der Waals surface area contributed by atoms with Crippen molar-refractivity contribution in [3.05, 3.63) is 64.6 Å². The van der Waals surface area contributed by atoms with Gasteiger partial charge in [-0.3, -0.25) is 0 Å². The Labute approximate surface area is 165 Å². The average molecular weight is 387 g/mol. The number of hydrogen-bond donors (Lipinski definition) is 1. The molecule has 0 saturated heterocycles. The van der Waals surface area contributed by atoms with E-state index in [1.165, 1.54) is 10.9 Å². The van der Waals surface area contributed by atoms with E-state index in [2.05, 4.69) is 26.9 Å². The molecule has 1 aromatic carbocycles. The largest absolute Gasteiger partial charge is 0.492 e. The molecular formula is C21H17N5O3. The summed E-state index contributed by atoms with van der Waals surface area (Å²) >= 11 is 0. The first-order valence-electron chi connectivity index (χ1n) is 9.47. The van der Waals surface area contributed by atoms with Crippen LogP contribution in [0.25, 0.3) is 16.9 Å². The number of ether oxygens (including phenoxy) is 2. The van der Waals surface area contributed by atoms with E-state index in [4.69, 9.17) is 9.47 Å². The van der Waals surface area contributed by atoms with Crippen molar-refractivity contribution in [3.8, 4) is 23.1 Å². The first-order chi connectivity index (χ1) is 14.1. The molecule has 0 amide bonds. The third kappa shape index (κ3) is 2.38. The highest BCUT2D eigenvalue weighted by atomic mass is 16.5. The molecule has 0 bridgehead atoms. The maximum absolute atomic E-state index is 12.3. The summed E-state index contributed by atoms with van der Waals surface area (Å²) in [7, 11) is 0. The van der Waals surface area contributed by atoms with Crippen LogP contribution in [-0.2, 0) is 5.41 Å². The minimum absolute atomic E-state index is 0.105. The number of hydrogen-bond acceptors (Lipinski definition) is 6. The van der Waals surface area contributed by atoms with Gasteiger partial charge >= 0.3 is 5.69 Å². The van der Waals surface area contributed by atoms with Gasteiger partial charge in [-0.1, -0.05) is 6.07 Å². The van der Waals surface area contributed by atoms with Crippen LogP contribution in [0.4, 0.5) is 0 Å². The molecule has 1 aliphatic carbocycles. The van der Waals surface area contributed by atoms with Crippen molar-refractivity contribution in [1.29, 1.82) is 0 Å². The Morgan fingerprint density at radius 2 is 2.07 bits per heavy atom. The number of pyridine rings is 1. The van der Waals surface area contributed by atoms with Crippen molar-refractivity contribution in [2.24, 2.45) is 0 Å². The van der Waals surface area contributed by atoms with Crippen molar-refractivity contribution in [2.45, 2.75) is 25.2 Å². The third-order valence-corrected chi connectivity index (χ3v) is 5.73. The minimum atomic E-state index is -0.292. The van der Waals surface area contributed by atoms with Crippen LogP contribution >= 0.6 is 0 Å². The molecule has 8 nitrogen and oxygen atoms in total. The molecule has 0 radical (unpaired) electrons. The lowest BCUT2D eigenvalue weighted by atomic mass is 9.95. The Balaban J connectivity index is 1.36. The molecule has 0 unspecified atom stereocenters. The lowest BCUT2D eigenvalue weighted by Gasteiger charge is -2.13. The van der Waals surface area contributed by atoms with Crippen LogP contribution in [0, 0.1) is 6.92 Å². The fraction of sp³-hybridized carbons (Fsp3) is 0.238. The molecule has 144 valence electrons. The number of nitrogens with one attached hydrogen (secondary N) is 1. The van der Waals surface area contributed by atoms with Crippen molar-refractivity contribution < 1.29 is 9.47 Å².